The second kappa shape index (κ2) is 7.15. The van der Waals surface area contributed by atoms with Crippen LogP contribution < -0.4 is 15.8 Å². The summed E-state index contributed by atoms with van der Waals surface area (Å²) in [6, 6.07) is 7.26. The molecule has 1 atom stereocenters. The molecule has 21 heavy (non-hydrogen) atoms. The predicted molar refractivity (Wildman–Crippen MR) is 84.5 cm³/mol. The van der Waals surface area contributed by atoms with E-state index in [1.54, 1.807) is 6.07 Å². The third-order valence-electron chi connectivity index (χ3n) is 3.11. The second-order valence-corrected chi connectivity index (χ2v) is 7.99. The van der Waals surface area contributed by atoms with Crippen LogP contribution in [0.1, 0.15) is 12.8 Å². The van der Waals surface area contributed by atoms with Gasteiger partial charge in [-0.25, -0.2) is 13.1 Å². The Morgan fingerprint density at radius 1 is 1.43 bits per heavy atom. The van der Waals surface area contributed by atoms with E-state index in [9.17, 15) is 13.2 Å². The van der Waals surface area contributed by atoms with Crippen LogP contribution in [0.3, 0.4) is 0 Å². The highest BCUT2D eigenvalue weighted by atomic mass is 32.2. The molecule has 1 aromatic carbocycles. The number of amides is 1. The van der Waals surface area contributed by atoms with E-state index in [0.29, 0.717) is 24.3 Å². The molecule has 0 aromatic heterocycles. The molecule has 4 N–H and O–H groups in total. The Labute approximate surface area is 128 Å². The molecule has 0 radical (unpaired) electrons. The molecule has 0 saturated carbocycles. The second-order valence-electron chi connectivity index (χ2n) is 4.89. The number of nitrogen functional groups attached to an aromatic ring is 1. The average Bonchev–Trinajstić information content (AvgIpc) is 2.82. The van der Waals surface area contributed by atoms with Crippen molar-refractivity contribution in [3.05, 3.63) is 24.3 Å². The molecule has 1 aromatic rings. The third-order valence-corrected chi connectivity index (χ3v) is 5.72. The molecule has 6 nitrogen and oxygen atoms in total. The standard InChI is InChI=1S/C13H19N3O3S2/c14-10-2-1-3-12(8-10)20-6-7-21(18,19)15-9-11-4-5-13(17)16-11/h1-3,8,11,15H,4-7,9,14H2,(H,16,17). The molecule has 1 heterocycles. The maximum absolute atomic E-state index is 11.9. The van der Waals surface area contributed by atoms with Crippen molar-refractivity contribution in [1.82, 2.24) is 10.0 Å². The zero-order valence-electron chi connectivity index (χ0n) is 11.5. The van der Waals surface area contributed by atoms with Crippen molar-refractivity contribution >= 4 is 33.4 Å². The van der Waals surface area contributed by atoms with Crippen molar-refractivity contribution in [2.45, 2.75) is 23.8 Å². The number of carbonyl (C=O) groups excluding carboxylic acids is 1. The minimum Gasteiger partial charge on any atom is -0.399 e. The summed E-state index contributed by atoms with van der Waals surface area (Å²) in [6.45, 7) is 0.261. The molecule has 1 fully saturated rings. The zero-order chi connectivity index (χ0) is 15.3. The van der Waals surface area contributed by atoms with Gasteiger partial charge in [-0.15, -0.1) is 11.8 Å². The number of nitrogens with two attached hydrogens (primary N) is 1. The minimum absolute atomic E-state index is 0.0172. The average molecular weight is 329 g/mol. The highest BCUT2D eigenvalue weighted by Crippen LogP contribution is 2.20. The topological polar surface area (TPSA) is 101 Å². The van der Waals surface area contributed by atoms with Crippen molar-refractivity contribution in [2.75, 3.05) is 23.8 Å². The number of hydrogen-bond donors (Lipinski definition) is 3. The fourth-order valence-electron chi connectivity index (χ4n) is 2.00. The summed E-state index contributed by atoms with van der Waals surface area (Å²) in [7, 11) is -3.32. The summed E-state index contributed by atoms with van der Waals surface area (Å²) < 4.78 is 26.3. The van der Waals surface area contributed by atoms with Crippen LogP contribution in [-0.4, -0.2) is 38.4 Å². The number of nitrogens with one attached hydrogen (secondary N) is 2. The molecular formula is C13H19N3O3S2. The van der Waals surface area contributed by atoms with Crippen molar-refractivity contribution < 1.29 is 13.2 Å². The largest absolute Gasteiger partial charge is 0.399 e. The molecule has 1 amide bonds. The van der Waals surface area contributed by atoms with Gasteiger partial charge in [-0.1, -0.05) is 6.07 Å². The van der Waals surface area contributed by atoms with E-state index in [4.69, 9.17) is 5.73 Å². The molecule has 0 bridgehead atoms. The number of carbonyl (C=O) groups is 1. The summed E-state index contributed by atoms with van der Waals surface area (Å²) in [6.07, 6.45) is 1.15. The highest BCUT2D eigenvalue weighted by Gasteiger charge is 2.22. The molecular weight excluding hydrogens is 310 g/mol. The Kier molecular flexibility index (Phi) is 5.49. The van der Waals surface area contributed by atoms with Gasteiger partial charge < -0.3 is 11.1 Å². The van der Waals surface area contributed by atoms with Gasteiger partial charge in [0.05, 0.1) is 5.75 Å². The van der Waals surface area contributed by atoms with Gasteiger partial charge in [0.2, 0.25) is 15.9 Å². The molecule has 1 saturated heterocycles. The number of sulfonamides is 1. The molecule has 1 aliphatic heterocycles. The van der Waals surface area contributed by atoms with Crippen LogP contribution in [0.4, 0.5) is 5.69 Å². The summed E-state index contributed by atoms with van der Waals surface area (Å²) in [5.74, 6) is 0.472. The molecule has 8 heteroatoms. The van der Waals surface area contributed by atoms with E-state index in [-0.39, 0.29) is 24.2 Å². The van der Waals surface area contributed by atoms with Crippen LogP contribution in [0.25, 0.3) is 0 Å². The lowest BCUT2D eigenvalue weighted by molar-refractivity contribution is -0.119. The number of anilines is 1. The van der Waals surface area contributed by atoms with Gasteiger partial charge in [0.15, 0.2) is 0 Å². The van der Waals surface area contributed by atoms with Crippen LogP contribution in [-0.2, 0) is 14.8 Å². The molecule has 116 valence electrons. The molecule has 1 unspecified atom stereocenters. The number of rotatable bonds is 7. The van der Waals surface area contributed by atoms with E-state index < -0.39 is 10.0 Å². The van der Waals surface area contributed by atoms with Gasteiger partial charge in [0.25, 0.3) is 0 Å². The van der Waals surface area contributed by atoms with E-state index in [1.165, 1.54) is 11.8 Å². The monoisotopic (exact) mass is 329 g/mol. The lowest BCUT2D eigenvalue weighted by Gasteiger charge is -2.11. The van der Waals surface area contributed by atoms with Gasteiger partial charge in [0.1, 0.15) is 0 Å². The molecule has 0 aliphatic carbocycles. The Morgan fingerprint density at radius 2 is 2.24 bits per heavy atom. The van der Waals surface area contributed by atoms with E-state index in [0.717, 1.165) is 4.90 Å². The smallest absolute Gasteiger partial charge is 0.220 e. The van der Waals surface area contributed by atoms with Crippen molar-refractivity contribution in [3.8, 4) is 0 Å². The van der Waals surface area contributed by atoms with E-state index in [1.807, 2.05) is 18.2 Å². The quantitative estimate of drug-likeness (QED) is 0.501. The minimum atomic E-state index is -3.32. The first kappa shape index (κ1) is 16.1. The van der Waals surface area contributed by atoms with E-state index in [2.05, 4.69) is 10.0 Å². The van der Waals surface area contributed by atoms with Gasteiger partial charge >= 0.3 is 0 Å². The zero-order valence-corrected chi connectivity index (χ0v) is 13.2. The number of benzene rings is 1. The fourth-order valence-corrected chi connectivity index (χ4v) is 4.44. The lowest BCUT2D eigenvalue weighted by atomic mass is 10.2. The number of thioether (sulfide) groups is 1. The van der Waals surface area contributed by atoms with Gasteiger partial charge in [-0.3, -0.25) is 4.79 Å². The third kappa shape index (κ3) is 5.56. The van der Waals surface area contributed by atoms with Crippen molar-refractivity contribution in [3.63, 3.8) is 0 Å². The van der Waals surface area contributed by atoms with Crippen molar-refractivity contribution in [1.29, 1.82) is 0 Å². The molecule has 2 rings (SSSR count). The Morgan fingerprint density at radius 3 is 2.90 bits per heavy atom. The summed E-state index contributed by atoms with van der Waals surface area (Å²) in [4.78, 5) is 12.0. The van der Waals surface area contributed by atoms with Crippen LogP contribution in [0.15, 0.2) is 29.2 Å². The first-order chi connectivity index (χ1) is 9.94. The highest BCUT2D eigenvalue weighted by molar-refractivity contribution is 8.00. The first-order valence-electron chi connectivity index (χ1n) is 6.70. The fraction of sp³-hybridized carbons (Fsp3) is 0.462. The van der Waals surface area contributed by atoms with Crippen LogP contribution >= 0.6 is 11.8 Å². The van der Waals surface area contributed by atoms with Crippen LogP contribution in [0, 0.1) is 0 Å². The van der Waals surface area contributed by atoms with Gasteiger partial charge in [-0.05, 0) is 24.6 Å². The maximum Gasteiger partial charge on any atom is 0.220 e. The first-order valence-corrected chi connectivity index (χ1v) is 9.33. The van der Waals surface area contributed by atoms with Crippen molar-refractivity contribution in [2.24, 2.45) is 0 Å². The maximum atomic E-state index is 11.9. The molecule has 0 spiro atoms. The van der Waals surface area contributed by atoms with Gasteiger partial charge in [0, 0.05) is 35.3 Å². The number of hydrogen-bond acceptors (Lipinski definition) is 5. The predicted octanol–water partition coefficient (Wildman–Crippen LogP) is 0.559. The Hall–Kier alpha value is -1.25. The lowest BCUT2D eigenvalue weighted by Crippen LogP contribution is -2.39. The summed E-state index contributed by atoms with van der Waals surface area (Å²) >= 11 is 1.45. The van der Waals surface area contributed by atoms with E-state index >= 15 is 0 Å². The normalized spacial score (nSPS) is 18.7. The molecule has 1 aliphatic rings. The van der Waals surface area contributed by atoms with Gasteiger partial charge in [-0.2, -0.15) is 0 Å². The summed E-state index contributed by atoms with van der Waals surface area (Å²) in [5, 5.41) is 2.73. The summed E-state index contributed by atoms with van der Waals surface area (Å²) in [5.41, 5.74) is 6.33. The Balaban J connectivity index is 1.72. The SMILES string of the molecule is Nc1cccc(SCCS(=O)(=O)NCC2CCC(=O)N2)c1. The Bertz CT molecular complexity index is 604. The van der Waals surface area contributed by atoms with Crippen LogP contribution in [0.2, 0.25) is 0 Å². The van der Waals surface area contributed by atoms with Crippen LogP contribution in [0.5, 0.6) is 0 Å².